The fourth-order valence-electron chi connectivity index (χ4n) is 4.16. The molecule has 3 N–H and O–H groups in total. The first kappa shape index (κ1) is 23.5. The van der Waals surface area contributed by atoms with Crippen LogP contribution < -0.4 is 5.32 Å². The number of hydrogen-bond donors (Lipinski definition) is 3. The van der Waals surface area contributed by atoms with Crippen molar-refractivity contribution in [2.75, 3.05) is 33.3 Å². The molecule has 1 fully saturated rings. The summed E-state index contributed by atoms with van der Waals surface area (Å²) >= 11 is 0. The summed E-state index contributed by atoms with van der Waals surface area (Å²) in [6.07, 6.45) is -0.0314. The number of carbonyl (C=O) groups is 1. The molecular formula is C27H27N5O4. The van der Waals surface area contributed by atoms with Gasteiger partial charge in [-0.1, -0.05) is 24.3 Å². The number of aromatic hydroxyl groups is 2. The van der Waals surface area contributed by atoms with E-state index < -0.39 is 0 Å². The number of likely N-dealkylation sites (N-methyl/N-ethyl adjacent to an activating group) is 1. The van der Waals surface area contributed by atoms with E-state index in [1.165, 1.54) is 0 Å². The number of hydrogen-bond acceptors (Lipinski definition) is 7. The van der Waals surface area contributed by atoms with Crippen LogP contribution in [0.15, 0.2) is 72.8 Å². The molecule has 1 atom stereocenters. The van der Waals surface area contributed by atoms with Crippen LogP contribution in [0.2, 0.25) is 0 Å². The zero-order valence-electron chi connectivity index (χ0n) is 19.8. The molecule has 1 aliphatic rings. The molecule has 1 amide bonds. The van der Waals surface area contributed by atoms with Crippen molar-refractivity contribution < 1.29 is 19.7 Å². The van der Waals surface area contributed by atoms with Gasteiger partial charge in [0.1, 0.15) is 11.5 Å². The maximum atomic E-state index is 12.7. The van der Waals surface area contributed by atoms with E-state index in [9.17, 15) is 15.0 Å². The van der Waals surface area contributed by atoms with Crippen molar-refractivity contribution in [2.45, 2.75) is 6.10 Å². The van der Waals surface area contributed by atoms with Gasteiger partial charge in [0.05, 0.1) is 29.5 Å². The summed E-state index contributed by atoms with van der Waals surface area (Å²) in [7, 11) is 2.04. The Bertz CT molecular complexity index is 1370. The number of morpholine rings is 1. The molecule has 0 spiro atoms. The number of benzene rings is 3. The molecule has 1 aliphatic heterocycles. The lowest BCUT2D eigenvalue weighted by Gasteiger charge is -2.30. The van der Waals surface area contributed by atoms with Gasteiger partial charge in [0.25, 0.3) is 5.91 Å². The average Bonchev–Trinajstić information content (AvgIpc) is 3.33. The van der Waals surface area contributed by atoms with Crippen LogP contribution in [0.25, 0.3) is 28.5 Å². The number of phenols is 2. The zero-order chi connectivity index (χ0) is 25.1. The van der Waals surface area contributed by atoms with Crippen molar-refractivity contribution in [3.05, 3.63) is 78.4 Å². The van der Waals surface area contributed by atoms with Gasteiger partial charge >= 0.3 is 0 Å². The Labute approximate surface area is 208 Å². The van der Waals surface area contributed by atoms with Crippen molar-refractivity contribution in [1.82, 2.24) is 25.0 Å². The number of aromatic nitrogens is 3. The highest BCUT2D eigenvalue weighted by atomic mass is 16.5. The summed E-state index contributed by atoms with van der Waals surface area (Å²) < 4.78 is 7.30. The maximum Gasteiger partial charge on any atom is 0.251 e. The number of carbonyl (C=O) groups excluding carboxylic acids is 1. The molecule has 1 aromatic heterocycles. The van der Waals surface area contributed by atoms with E-state index in [1.807, 2.05) is 7.05 Å². The third-order valence-corrected chi connectivity index (χ3v) is 6.10. The van der Waals surface area contributed by atoms with E-state index in [0.717, 1.165) is 13.1 Å². The fraction of sp³-hybridized carbons (Fsp3) is 0.222. The lowest BCUT2D eigenvalue weighted by molar-refractivity contribution is -0.0175. The van der Waals surface area contributed by atoms with E-state index in [0.29, 0.717) is 47.2 Å². The van der Waals surface area contributed by atoms with Crippen molar-refractivity contribution >= 4 is 5.91 Å². The molecule has 0 bridgehead atoms. The second-order valence-electron chi connectivity index (χ2n) is 8.72. The van der Waals surface area contributed by atoms with E-state index in [-0.39, 0.29) is 23.5 Å². The number of amides is 1. The van der Waals surface area contributed by atoms with Gasteiger partial charge in [0.2, 0.25) is 0 Å². The first-order valence-corrected chi connectivity index (χ1v) is 11.7. The van der Waals surface area contributed by atoms with Gasteiger partial charge in [-0.25, -0.2) is 9.67 Å². The van der Waals surface area contributed by atoms with Crippen LogP contribution in [0.4, 0.5) is 0 Å². The van der Waals surface area contributed by atoms with E-state index >= 15 is 0 Å². The number of ether oxygens (including phenoxy) is 1. The van der Waals surface area contributed by atoms with Crippen molar-refractivity contribution in [2.24, 2.45) is 0 Å². The van der Waals surface area contributed by atoms with Crippen molar-refractivity contribution in [3.8, 4) is 40.0 Å². The summed E-state index contributed by atoms with van der Waals surface area (Å²) in [4.78, 5) is 19.5. The highest BCUT2D eigenvalue weighted by Crippen LogP contribution is 2.33. The van der Waals surface area contributed by atoms with Gasteiger partial charge in [-0.2, -0.15) is 0 Å². The quantitative estimate of drug-likeness (QED) is 0.385. The van der Waals surface area contributed by atoms with Gasteiger partial charge in [-0.3, -0.25) is 4.79 Å². The summed E-state index contributed by atoms with van der Waals surface area (Å²) in [5, 5.41) is 28.4. The van der Waals surface area contributed by atoms with E-state index in [1.54, 1.807) is 77.5 Å². The molecule has 9 nitrogen and oxygen atoms in total. The van der Waals surface area contributed by atoms with Gasteiger partial charge in [0, 0.05) is 25.2 Å². The molecular weight excluding hydrogens is 458 g/mol. The summed E-state index contributed by atoms with van der Waals surface area (Å²) in [5.74, 6) is 0.640. The lowest BCUT2D eigenvalue weighted by Crippen LogP contribution is -2.45. The number of nitrogens with one attached hydrogen (secondary N) is 1. The summed E-state index contributed by atoms with van der Waals surface area (Å²) in [6.45, 7) is 2.77. The number of nitrogens with zero attached hydrogens (tertiary/aromatic N) is 4. The van der Waals surface area contributed by atoms with Crippen LogP contribution >= 0.6 is 0 Å². The van der Waals surface area contributed by atoms with Crippen LogP contribution in [-0.4, -0.2) is 75.2 Å². The number of rotatable bonds is 6. The topological polar surface area (TPSA) is 113 Å². The maximum absolute atomic E-state index is 12.7. The van der Waals surface area contributed by atoms with Crippen molar-refractivity contribution in [1.29, 1.82) is 0 Å². The van der Waals surface area contributed by atoms with E-state index in [4.69, 9.17) is 4.74 Å². The third-order valence-electron chi connectivity index (χ3n) is 6.10. The predicted octanol–water partition coefficient (Wildman–Crippen LogP) is 3.07. The molecule has 0 aliphatic carbocycles. The number of phenolic OH excluding ortho intramolecular Hbond substituents is 2. The molecule has 2 heterocycles. The zero-order valence-corrected chi connectivity index (χ0v) is 19.8. The first-order chi connectivity index (χ1) is 17.5. The molecule has 1 saturated heterocycles. The fourth-order valence-corrected chi connectivity index (χ4v) is 4.16. The second-order valence-corrected chi connectivity index (χ2v) is 8.72. The standard InChI is InChI=1S/C27H27N5O4/c1-31-14-15-36-20(17-31)16-28-27(35)18-10-12-19(13-11-18)32-26(22-7-3-5-9-24(22)34)29-25(30-32)21-6-2-4-8-23(21)33/h2-13,20,33-34H,14-17H2,1H3,(H,28,35). The highest BCUT2D eigenvalue weighted by Gasteiger charge is 2.20. The van der Waals surface area contributed by atoms with Crippen LogP contribution in [-0.2, 0) is 4.74 Å². The minimum Gasteiger partial charge on any atom is -0.507 e. The Morgan fingerprint density at radius 2 is 1.67 bits per heavy atom. The van der Waals surface area contributed by atoms with Crippen LogP contribution in [0.1, 0.15) is 10.4 Å². The summed E-state index contributed by atoms with van der Waals surface area (Å²) in [5.41, 5.74) is 2.12. The minimum atomic E-state index is -0.187. The largest absolute Gasteiger partial charge is 0.507 e. The predicted molar refractivity (Wildman–Crippen MR) is 135 cm³/mol. The molecule has 36 heavy (non-hydrogen) atoms. The first-order valence-electron chi connectivity index (χ1n) is 11.7. The third kappa shape index (κ3) is 4.93. The molecule has 1 unspecified atom stereocenters. The molecule has 5 rings (SSSR count). The lowest BCUT2D eigenvalue weighted by atomic mass is 10.1. The van der Waals surface area contributed by atoms with Crippen LogP contribution in [0, 0.1) is 0 Å². The number of para-hydroxylation sites is 2. The second kappa shape index (κ2) is 10.2. The van der Waals surface area contributed by atoms with Gasteiger partial charge in [-0.15, -0.1) is 5.10 Å². The smallest absolute Gasteiger partial charge is 0.251 e. The minimum absolute atomic E-state index is 0.0314. The van der Waals surface area contributed by atoms with E-state index in [2.05, 4.69) is 20.3 Å². The Balaban J connectivity index is 1.43. The SMILES string of the molecule is CN1CCOC(CNC(=O)c2ccc(-n3nc(-c4ccccc4O)nc3-c3ccccc3O)cc2)C1. The molecule has 184 valence electrons. The van der Waals surface area contributed by atoms with Crippen molar-refractivity contribution in [3.63, 3.8) is 0 Å². The van der Waals surface area contributed by atoms with Gasteiger partial charge in [-0.05, 0) is 55.6 Å². The monoisotopic (exact) mass is 485 g/mol. The van der Waals surface area contributed by atoms with Crippen LogP contribution in [0.3, 0.4) is 0 Å². The van der Waals surface area contributed by atoms with Gasteiger partial charge in [0.15, 0.2) is 11.6 Å². The normalized spacial score (nSPS) is 16.1. The molecule has 4 aromatic rings. The average molecular weight is 486 g/mol. The summed E-state index contributed by atoms with van der Waals surface area (Å²) in [6, 6.07) is 20.6. The molecule has 3 aromatic carbocycles. The van der Waals surface area contributed by atoms with Gasteiger partial charge < -0.3 is 25.2 Å². The Hall–Kier alpha value is -4.21. The Morgan fingerprint density at radius 1 is 1.00 bits per heavy atom. The Morgan fingerprint density at radius 3 is 2.33 bits per heavy atom. The molecule has 0 saturated carbocycles. The highest BCUT2D eigenvalue weighted by molar-refractivity contribution is 5.94. The Kier molecular flexibility index (Phi) is 6.66. The molecule has 0 radical (unpaired) electrons. The molecule has 9 heteroatoms. The van der Waals surface area contributed by atoms with Crippen LogP contribution in [0.5, 0.6) is 11.5 Å².